The molecule has 178 valence electrons. The summed E-state index contributed by atoms with van der Waals surface area (Å²) in [5.41, 5.74) is 0.673. The molecule has 3 atom stereocenters. The van der Waals surface area contributed by atoms with Gasteiger partial charge in [-0.05, 0) is 31.0 Å². The molecule has 1 heterocycles. The number of carbonyl (C=O) groups is 1. The molecule has 1 aromatic carbocycles. The summed E-state index contributed by atoms with van der Waals surface area (Å²) in [6, 6.07) is 4.28. The molecule has 0 unspecified atom stereocenters. The van der Waals surface area contributed by atoms with Crippen molar-refractivity contribution >= 4 is 15.9 Å². The Labute approximate surface area is 192 Å². The molecule has 0 aromatic heterocycles. The van der Waals surface area contributed by atoms with Crippen LogP contribution >= 0.6 is 0 Å². The first-order chi connectivity index (χ1) is 15.0. The lowest BCUT2D eigenvalue weighted by Crippen LogP contribution is -2.50. The van der Waals surface area contributed by atoms with Gasteiger partial charge in [-0.3, -0.25) is 4.79 Å². The molecule has 1 aromatic rings. The second kappa shape index (κ2) is 11.2. The van der Waals surface area contributed by atoms with Crippen molar-refractivity contribution in [2.45, 2.75) is 64.5 Å². The second-order valence-corrected chi connectivity index (χ2v) is 10.8. The number of nitrogens with zero attached hydrogens (tertiary/aromatic N) is 2. The monoisotopic (exact) mass is 464 g/mol. The lowest BCUT2D eigenvalue weighted by molar-refractivity contribution is -0.131. The number of benzene rings is 1. The van der Waals surface area contributed by atoms with E-state index in [1.54, 1.807) is 37.9 Å². The summed E-state index contributed by atoms with van der Waals surface area (Å²) in [4.78, 5) is 13.8. The van der Waals surface area contributed by atoms with Crippen LogP contribution in [0.25, 0.3) is 0 Å². The van der Waals surface area contributed by atoms with E-state index < -0.39 is 22.2 Å². The van der Waals surface area contributed by atoms with Crippen molar-refractivity contribution in [3.8, 4) is 17.6 Å². The molecule has 0 saturated carbocycles. The van der Waals surface area contributed by atoms with Gasteiger partial charge in [-0.25, -0.2) is 8.42 Å². The van der Waals surface area contributed by atoms with Crippen LogP contribution in [0.1, 0.15) is 53.0 Å². The first-order valence-electron chi connectivity index (χ1n) is 11.2. The van der Waals surface area contributed by atoms with Crippen LogP contribution in [-0.4, -0.2) is 67.5 Å². The largest absolute Gasteiger partial charge is 0.487 e. The van der Waals surface area contributed by atoms with Crippen LogP contribution in [0.2, 0.25) is 0 Å². The van der Waals surface area contributed by atoms with Crippen molar-refractivity contribution in [2.24, 2.45) is 11.8 Å². The zero-order valence-electron chi connectivity index (χ0n) is 20.0. The fraction of sp³-hybridized carbons (Fsp3) is 0.625. The second-order valence-electron chi connectivity index (χ2n) is 8.93. The summed E-state index contributed by atoms with van der Waals surface area (Å²) in [5, 5.41) is 9.71. The number of aliphatic hydroxyl groups excluding tert-OH is 1. The molecule has 0 fully saturated rings. The van der Waals surface area contributed by atoms with Gasteiger partial charge >= 0.3 is 0 Å². The Kier molecular flexibility index (Phi) is 9.14. The Morgan fingerprint density at radius 2 is 2.03 bits per heavy atom. The molecule has 1 amide bonds. The quantitative estimate of drug-likeness (QED) is 0.654. The van der Waals surface area contributed by atoms with Crippen LogP contribution in [0.15, 0.2) is 23.1 Å². The Morgan fingerprint density at radius 1 is 1.34 bits per heavy atom. The third kappa shape index (κ3) is 6.25. The molecule has 1 aliphatic rings. The first-order valence-corrected chi connectivity index (χ1v) is 12.6. The summed E-state index contributed by atoms with van der Waals surface area (Å²) >= 11 is 0. The van der Waals surface area contributed by atoms with E-state index in [4.69, 9.17) is 4.74 Å². The van der Waals surface area contributed by atoms with Gasteiger partial charge in [0.2, 0.25) is 15.9 Å². The van der Waals surface area contributed by atoms with E-state index in [1.165, 1.54) is 10.4 Å². The van der Waals surface area contributed by atoms with Crippen molar-refractivity contribution in [1.82, 2.24) is 9.21 Å². The van der Waals surface area contributed by atoms with E-state index in [1.807, 2.05) is 6.92 Å². The fourth-order valence-electron chi connectivity index (χ4n) is 3.52. The molecular formula is C24H36N2O5S. The van der Waals surface area contributed by atoms with Crippen molar-refractivity contribution in [1.29, 1.82) is 0 Å². The number of carbonyl (C=O) groups excluding carboxylic acids is 1. The molecule has 32 heavy (non-hydrogen) atoms. The minimum Gasteiger partial charge on any atom is -0.487 e. The highest BCUT2D eigenvalue weighted by molar-refractivity contribution is 7.89. The van der Waals surface area contributed by atoms with Crippen LogP contribution in [0, 0.1) is 23.7 Å². The number of likely N-dealkylation sites (N-methyl/N-ethyl adjacent to an activating group) is 1. The van der Waals surface area contributed by atoms with Crippen molar-refractivity contribution in [3.63, 3.8) is 0 Å². The summed E-state index contributed by atoms with van der Waals surface area (Å²) < 4.78 is 34.5. The predicted octanol–water partition coefficient (Wildman–Crippen LogP) is 2.72. The Balaban J connectivity index is 2.55. The topological polar surface area (TPSA) is 87.2 Å². The normalized spacial score (nSPS) is 21.4. The third-order valence-corrected chi connectivity index (χ3v) is 7.61. The van der Waals surface area contributed by atoms with Gasteiger partial charge < -0.3 is 14.7 Å². The molecule has 1 aliphatic heterocycles. The number of sulfonamides is 1. The predicted molar refractivity (Wildman–Crippen MR) is 125 cm³/mol. The highest BCUT2D eigenvalue weighted by Crippen LogP contribution is 2.34. The molecule has 0 spiro atoms. The van der Waals surface area contributed by atoms with E-state index >= 15 is 0 Å². The van der Waals surface area contributed by atoms with Gasteiger partial charge in [0.05, 0.1) is 13.2 Å². The summed E-state index contributed by atoms with van der Waals surface area (Å²) in [6.45, 7) is 9.77. The van der Waals surface area contributed by atoms with Gasteiger partial charge in [0.25, 0.3) is 0 Å². The number of hydrogen-bond donors (Lipinski definition) is 1. The number of hydrogen-bond acceptors (Lipinski definition) is 5. The first kappa shape index (κ1) is 26.2. The SMILES string of the molecule is CCC(=O)N(C)C[C@H]1Oc2cc(C#CCC(C)C)ccc2S(=O)(=O)N([C@H](C)CO)C[C@@H]1C. The van der Waals surface area contributed by atoms with Crippen molar-refractivity contribution in [3.05, 3.63) is 23.8 Å². The Hall–Kier alpha value is -2.08. The maximum atomic E-state index is 13.5. The van der Waals surface area contributed by atoms with Gasteiger partial charge in [-0.15, -0.1) is 0 Å². The number of fused-ring (bicyclic) bond motifs is 1. The maximum absolute atomic E-state index is 13.5. The van der Waals surface area contributed by atoms with E-state index in [0.29, 0.717) is 24.4 Å². The average molecular weight is 465 g/mol. The molecule has 8 heteroatoms. The highest BCUT2D eigenvalue weighted by atomic mass is 32.2. The number of ether oxygens (including phenoxy) is 1. The number of rotatable bonds is 6. The minimum atomic E-state index is -3.89. The highest BCUT2D eigenvalue weighted by Gasteiger charge is 2.38. The maximum Gasteiger partial charge on any atom is 0.247 e. The van der Waals surface area contributed by atoms with E-state index in [-0.39, 0.29) is 35.6 Å². The standard InChI is InChI=1S/C24H36N2O5S/c1-7-24(28)25(6)15-22-18(4)14-26(19(5)16-27)32(29,30)23-12-11-20(13-21(23)31-22)10-8-9-17(2)3/h11-13,17-19,22,27H,7,9,14-16H2,1-6H3/t18-,19+,22+/m0/s1. The molecule has 7 nitrogen and oxygen atoms in total. The van der Waals surface area contributed by atoms with Crippen molar-refractivity contribution in [2.75, 3.05) is 26.7 Å². The van der Waals surface area contributed by atoms with Crippen LogP contribution in [0.5, 0.6) is 5.75 Å². The van der Waals surface area contributed by atoms with Crippen LogP contribution in [-0.2, 0) is 14.8 Å². The van der Waals surface area contributed by atoms with Gasteiger partial charge in [0.1, 0.15) is 16.7 Å². The van der Waals surface area contributed by atoms with E-state index in [9.17, 15) is 18.3 Å². The van der Waals surface area contributed by atoms with E-state index in [2.05, 4.69) is 25.7 Å². The van der Waals surface area contributed by atoms with E-state index in [0.717, 1.165) is 6.42 Å². The minimum absolute atomic E-state index is 0.00964. The molecule has 0 bridgehead atoms. The Morgan fingerprint density at radius 3 is 2.62 bits per heavy atom. The molecular weight excluding hydrogens is 428 g/mol. The summed E-state index contributed by atoms with van der Waals surface area (Å²) in [5.74, 6) is 6.65. The van der Waals surface area contributed by atoms with Crippen LogP contribution in [0.3, 0.4) is 0 Å². The lowest BCUT2D eigenvalue weighted by Gasteiger charge is -2.37. The smallest absolute Gasteiger partial charge is 0.247 e. The van der Waals surface area contributed by atoms with Crippen molar-refractivity contribution < 1.29 is 23.1 Å². The fourth-order valence-corrected chi connectivity index (χ4v) is 5.35. The molecule has 0 aliphatic carbocycles. The zero-order valence-corrected chi connectivity index (χ0v) is 20.8. The van der Waals surface area contributed by atoms with Gasteiger partial charge in [-0.1, -0.05) is 39.5 Å². The van der Waals surface area contributed by atoms with Crippen LogP contribution < -0.4 is 4.74 Å². The average Bonchev–Trinajstić information content (AvgIpc) is 2.74. The summed E-state index contributed by atoms with van der Waals surface area (Å²) in [7, 11) is -2.17. The Bertz CT molecular complexity index is 964. The van der Waals surface area contributed by atoms with Gasteiger partial charge in [-0.2, -0.15) is 4.31 Å². The molecule has 0 radical (unpaired) electrons. The molecule has 0 saturated heterocycles. The number of amides is 1. The van der Waals surface area contributed by atoms with Gasteiger partial charge in [0, 0.05) is 44.0 Å². The van der Waals surface area contributed by atoms with Gasteiger partial charge in [0.15, 0.2) is 0 Å². The third-order valence-electron chi connectivity index (χ3n) is 5.59. The van der Waals surface area contributed by atoms with Crippen LogP contribution in [0.4, 0.5) is 0 Å². The molecule has 1 N–H and O–H groups in total. The summed E-state index contributed by atoms with van der Waals surface area (Å²) in [6.07, 6.45) is 0.699. The number of aliphatic hydroxyl groups is 1. The lowest BCUT2D eigenvalue weighted by atomic mass is 10.0. The molecule has 2 rings (SSSR count). The zero-order chi connectivity index (χ0) is 24.1.